The molecule has 2 saturated heterocycles. The molecule has 1 aromatic rings. The Morgan fingerprint density at radius 2 is 2.00 bits per heavy atom. The molecule has 0 aliphatic carbocycles. The molecule has 2 heterocycles. The van der Waals surface area contributed by atoms with Gasteiger partial charge in [0.05, 0.1) is 31.1 Å². The second-order valence-electron chi connectivity index (χ2n) is 6.86. The van der Waals surface area contributed by atoms with Crippen LogP contribution in [0.15, 0.2) is 18.2 Å². The topological polar surface area (TPSA) is 91.4 Å². The van der Waals surface area contributed by atoms with Crippen molar-refractivity contribution in [3.05, 3.63) is 24.0 Å². The van der Waals surface area contributed by atoms with E-state index in [-0.39, 0.29) is 25.1 Å². The van der Waals surface area contributed by atoms with Gasteiger partial charge in [-0.25, -0.2) is 14.0 Å². The molecule has 3 rings (SSSR count). The van der Waals surface area contributed by atoms with Crippen LogP contribution >= 0.6 is 0 Å². The van der Waals surface area contributed by atoms with Gasteiger partial charge in [0.25, 0.3) is 0 Å². The summed E-state index contributed by atoms with van der Waals surface area (Å²) < 4.78 is 25.0. The summed E-state index contributed by atoms with van der Waals surface area (Å²) in [5, 5.41) is 2.60. The van der Waals surface area contributed by atoms with Gasteiger partial charge in [-0.2, -0.15) is 0 Å². The molecule has 1 unspecified atom stereocenters. The fourth-order valence-electron chi connectivity index (χ4n) is 3.36. The van der Waals surface area contributed by atoms with Gasteiger partial charge in [-0.15, -0.1) is 0 Å². The third kappa shape index (κ3) is 4.87. The van der Waals surface area contributed by atoms with Crippen molar-refractivity contribution in [1.29, 1.82) is 0 Å². The fourth-order valence-corrected chi connectivity index (χ4v) is 3.36. The molecule has 1 N–H and O–H groups in total. The minimum atomic E-state index is -0.574. The highest BCUT2D eigenvalue weighted by molar-refractivity contribution is 5.90. The maximum absolute atomic E-state index is 14.8. The molecule has 2 aliphatic rings. The Kier molecular flexibility index (Phi) is 6.40. The first-order valence-electron chi connectivity index (χ1n) is 9.57. The molecule has 9 nitrogen and oxygen atoms in total. The Balaban J connectivity index is 1.62. The second kappa shape index (κ2) is 8.97. The van der Waals surface area contributed by atoms with E-state index < -0.39 is 18.0 Å². The van der Waals surface area contributed by atoms with Crippen LogP contribution in [-0.4, -0.2) is 75.0 Å². The first-order chi connectivity index (χ1) is 13.9. The van der Waals surface area contributed by atoms with Gasteiger partial charge >= 0.3 is 12.2 Å². The van der Waals surface area contributed by atoms with Crippen LogP contribution < -0.4 is 15.1 Å². The average molecular weight is 408 g/mol. The molecule has 1 aromatic carbocycles. The molecule has 2 aliphatic heterocycles. The summed E-state index contributed by atoms with van der Waals surface area (Å²) in [7, 11) is 0. The number of nitrogens with zero attached hydrogens (tertiary/aromatic N) is 3. The first kappa shape index (κ1) is 20.7. The number of cyclic esters (lactones) is 1. The fraction of sp³-hybridized carbons (Fsp3) is 0.526. The van der Waals surface area contributed by atoms with E-state index in [1.165, 1.54) is 17.9 Å². The van der Waals surface area contributed by atoms with Crippen molar-refractivity contribution in [2.75, 3.05) is 55.7 Å². The maximum atomic E-state index is 14.8. The minimum absolute atomic E-state index is 0.210. The lowest BCUT2D eigenvalue weighted by molar-refractivity contribution is -0.119. The zero-order valence-electron chi connectivity index (χ0n) is 16.5. The van der Waals surface area contributed by atoms with Crippen LogP contribution in [0.1, 0.15) is 13.8 Å². The van der Waals surface area contributed by atoms with E-state index in [9.17, 15) is 18.8 Å². The summed E-state index contributed by atoms with van der Waals surface area (Å²) in [5.41, 5.74) is 0.811. The molecule has 29 heavy (non-hydrogen) atoms. The Hall–Kier alpha value is -3.04. The Labute approximate surface area is 168 Å². The standard InChI is InChI=1S/C19H25FN4O5/c1-3-28-18(26)23-8-6-22(7-9-23)17-5-4-14(10-16(17)20)24-12-15(29-19(24)27)11-21-13(2)25/h4-5,10,15H,3,6-9,11-12H2,1-2H3,(H,21,25). The van der Waals surface area contributed by atoms with Crippen molar-refractivity contribution in [1.82, 2.24) is 10.2 Å². The lowest BCUT2D eigenvalue weighted by Gasteiger charge is -2.35. The third-order valence-electron chi connectivity index (χ3n) is 4.84. The lowest BCUT2D eigenvalue weighted by atomic mass is 10.2. The van der Waals surface area contributed by atoms with Crippen LogP contribution in [0.5, 0.6) is 0 Å². The van der Waals surface area contributed by atoms with Crippen molar-refractivity contribution >= 4 is 29.5 Å². The van der Waals surface area contributed by atoms with Gasteiger partial charge in [-0.1, -0.05) is 0 Å². The molecule has 0 radical (unpaired) electrons. The van der Waals surface area contributed by atoms with Crippen molar-refractivity contribution in [2.45, 2.75) is 20.0 Å². The van der Waals surface area contributed by atoms with Gasteiger partial charge in [0.15, 0.2) is 0 Å². The molecule has 3 amide bonds. The highest BCUT2D eigenvalue weighted by Gasteiger charge is 2.33. The van der Waals surface area contributed by atoms with Crippen LogP contribution in [0, 0.1) is 5.82 Å². The van der Waals surface area contributed by atoms with Crippen LogP contribution in [0.25, 0.3) is 0 Å². The molecule has 2 fully saturated rings. The van der Waals surface area contributed by atoms with E-state index >= 15 is 0 Å². The largest absolute Gasteiger partial charge is 0.450 e. The number of ether oxygens (including phenoxy) is 2. The lowest BCUT2D eigenvalue weighted by Crippen LogP contribution is -2.49. The summed E-state index contributed by atoms with van der Waals surface area (Å²) in [4.78, 5) is 39.7. The Morgan fingerprint density at radius 3 is 2.62 bits per heavy atom. The van der Waals surface area contributed by atoms with E-state index in [4.69, 9.17) is 9.47 Å². The van der Waals surface area contributed by atoms with Crippen molar-refractivity contribution in [3.8, 4) is 0 Å². The number of carbonyl (C=O) groups excluding carboxylic acids is 3. The average Bonchev–Trinajstić information content (AvgIpc) is 3.07. The molecule has 0 saturated carbocycles. The van der Waals surface area contributed by atoms with E-state index in [0.717, 1.165) is 0 Å². The molecule has 0 bridgehead atoms. The summed E-state index contributed by atoms with van der Waals surface area (Å²) in [6.07, 6.45) is -1.41. The molecule has 0 spiro atoms. The number of hydrogen-bond donors (Lipinski definition) is 1. The van der Waals surface area contributed by atoms with Gasteiger partial charge in [0.2, 0.25) is 5.91 Å². The smallest absolute Gasteiger partial charge is 0.414 e. The van der Waals surface area contributed by atoms with Gasteiger partial charge in [-0.3, -0.25) is 9.69 Å². The van der Waals surface area contributed by atoms with Gasteiger partial charge in [0, 0.05) is 33.1 Å². The summed E-state index contributed by atoms with van der Waals surface area (Å²) in [6, 6.07) is 4.59. The zero-order valence-corrected chi connectivity index (χ0v) is 16.5. The molecule has 10 heteroatoms. The van der Waals surface area contributed by atoms with E-state index in [2.05, 4.69) is 5.32 Å². The predicted octanol–water partition coefficient (Wildman–Crippen LogP) is 1.57. The number of amides is 3. The molecule has 1 atom stereocenters. The van der Waals surface area contributed by atoms with E-state index in [0.29, 0.717) is 44.2 Å². The first-order valence-corrected chi connectivity index (χ1v) is 9.57. The van der Waals surface area contributed by atoms with Crippen LogP contribution in [0.2, 0.25) is 0 Å². The normalized spacial score (nSPS) is 19.2. The quantitative estimate of drug-likeness (QED) is 0.795. The summed E-state index contributed by atoms with van der Waals surface area (Å²) in [6.45, 7) is 5.77. The zero-order chi connectivity index (χ0) is 21.0. The van der Waals surface area contributed by atoms with Crippen LogP contribution in [0.4, 0.5) is 25.4 Å². The van der Waals surface area contributed by atoms with Gasteiger partial charge in [-0.05, 0) is 25.1 Å². The number of hydrogen-bond acceptors (Lipinski definition) is 6. The van der Waals surface area contributed by atoms with Crippen molar-refractivity contribution in [2.24, 2.45) is 0 Å². The summed E-state index contributed by atoms with van der Waals surface area (Å²) in [5.74, 6) is -0.664. The van der Waals surface area contributed by atoms with Crippen molar-refractivity contribution in [3.63, 3.8) is 0 Å². The number of anilines is 2. The Bertz CT molecular complexity index is 782. The number of carbonyl (C=O) groups is 3. The highest BCUT2D eigenvalue weighted by Crippen LogP contribution is 2.28. The second-order valence-corrected chi connectivity index (χ2v) is 6.86. The molecular formula is C19H25FN4O5. The van der Waals surface area contributed by atoms with Gasteiger partial charge < -0.3 is 24.6 Å². The number of rotatable bonds is 5. The van der Waals surface area contributed by atoms with E-state index in [1.54, 1.807) is 24.0 Å². The number of benzene rings is 1. The minimum Gasteiger partial charge on any atom is -0.450 e. The van der Waals surface area contributed by atoms with Gasteiger partial charge in [0.1, 0.15) is 11.9 Å². The summed E-state index contributed by atoms with van der Waals surface area (Å²) >= 11 is 0. The number of halogens is 1. The van der Waals surface area contributed by atoms with E-state index in [1.807, 2.05) is 4.90 Å². The molecule has 158 valence electrons. The molecular weight excluding hydrogens is 383 g/mol. The predicted molar refractivity (Wildman–Crippen MR) is 104 cm³/mol. The monoisotopic (exact) mass is 408 g/mol. The van der Waals surface area contributed by atoms with Crippen molar-refractivity contribution < 1.29 is 28.2 Å². The van der Waals surface area contributed by atoms with Crippen LogP contribution in [-0.2, 0) is 14.3 Å². The maximum Gasteiger partial charge on any atom is 0.414 e. The highest BCUT2D eigenvalue weighted by atomic mass is 19.1. The van der Waals surface area contributed by atoms with Crippen LogP contribution in [0.3, 0.4) is 0 Å². The number of nitrogens with one attached hydrogen (secondary N) is 1. The molecule has 0 aromatic heterocycles. The SMILES string of the molecule is CCOC(=O)N1CCN(c2ccc(N3CC(CNC(C)=O)OC3=O)cc2F)CC1. The Morgan fingerprint density at radius 1 is 1.28 bits per heavy atom. The third-order valence-corrected chi connectivity index (χ3v) is 4.84. The number of piperazine rings is 1.